The molecule has 0 aliphatic heterocycles. The predicted molar refractivity (Wildman–Crippen MR) is 73.8 cm³/mol. The summed E-state index contributed by atoms with van der Waals surface area (Å²) in [5.74, 6) is 0. The third kappa shape index (κ3) is 2.24. The first kappa shape index (κ1) is 11.9. The Balaban J connectivity index is 1.96. The minimum Gasteiger partial charge on any atom is -0.443 e. The Kier molecular flexibility index (Phi) is 3.05. The van der Waals surface area contributed by atoms with Crippen LogP contribution in [0.1, 0.15) is 5.69 Å². The van der Waals surface area contributed by atoms with Gasteiger partial charge in [-0.3, -0.25) is 4.68 Å². The first-order valence-corrected chi connectivity index (χ1v) is 6.29. The number of nitrogens with zero attached hydrogens (tertiary/aromatic N) is 3. The van der Waals surface area contributed by atoms with E-state index in [1.54, 1.807) is 0 Å². The molecule has 0 spiro atoms. The SMILES string of the molecule is CNCCc1cc(-c2ccc3ncoc3c2)nn1C. The van der Waals surface area contributed by atoms with Gasteiger partial charge in [-0.1, -0.05) is 6.07 Å². The number of nitrogens with one attached hydrogen (secondary N) is 1. The van der Waals surface area contributed by atoms with Crippen molar-refractivity contribution in [3.63, 3.8) is 0 Å². The largest absolute Gasteiger partial charge is 0.443 e. The van der Waals surface area contributed by atoms with Crippen molar-refractivity contribution in [2.75, 3.05) is 13.6 Å². The minimum atomic E-state index is 0.792. The van der Waals surface area contributed by atoms with E-state index >= 15 is 0 Å². The molecule has 19 heavy (non-hydrogen) atoms. The quantitative estimate of drug-likeness (QED) is 0.775. The molecule has 0 bridgehead atoms. The van der Waals surface area contributed by atoms with E-state index in [0.717, 1.165) is 35.3 Å². The Morgan fingerprint density at radius 2 is 2.21 bits per heavy atom. The number of fused-ring (bicyclic) bond motifs is 1. The topological polar surface area (TPSA) is 55.9 Å². The molecule has 0 aliphatic rings. The van der Waals surface area contributed by atoms with Crippen molar-refractivity contribution >= 4 is 11.1 Å². The van der Waals surface area contributed by atoms with Crippen LogP contribution in [0.2, 0.25) is 0 Å². The van der Waals surface area contributed by atoms with Crippen LogP contribution >= 0.6 is 0 Å². The Morgan fingerprint density at radius 1 is 1.32 bits per heavy atom. The molecule has 98 valence electrons. The Labute approximate surface area is 111 Å². The maximum atomic E-state index is 5.33. The summed E-state index contributed by atoms with van der Waals surface area (Å²) < 4.78 is 7.25. The van der Waals surface area contributed by atoms with Gasteiger partial charge in [-0.15, -0.1) is 0 Å². The first-order valence-electron chi connectivity index (χ1n) is 6.29. The van der Waals surface area contributed by atoms with Gasteiger partial charge >= 0.3 is 0 Å². The van der Waals surface area contributed by atoms with Gasteiger partial charge in [0.1, 0.15) is 5.52 Å². The van der Waals surface area contributed by atoms with Gasteiger partial charge in [0.15, 0.2) is 12.0 Å². The lowest BCUT2D eigenvalue weighted by Crippen LogP contribution is -2.12. The van der Waals surface area contributed by atoms with Gasteiger partial charge in [0.25, 0.3) is 0 Å². The second-order valence-corrected chi connectivity index (χ2v) is 4.53. The molecular formula is C14H16N4O. The van der Waals surface area contributed by atoms with Crippen LogP contribution in [0.15, 0.2) is 35.1 Å². The summed E-state index contributed by atoms with van der Waals surface area (Å²) >= 11 is 0. The van der Waals surface area contributed by atoms with E-state index in [1.807, 2.05) is 37.0 Å². The van der Waals surface area contributed by atoms with E-state index < -0.39 is 0 Å². The highest BCUT2D eigenvalue weighted by atomic mass is 16.3. The molecule has 0 radical (unpaired) electrons. The summed E-state index contributed by atoms with van der Waals surface area (Å²) in [6.45, 7) is 0.945. The lowest BCUT2D eigenvalue weighted by Gasteiger charge is -1.99. The van der Waals surface area contributed by atoms with E-state index in [4.69, 9.17) is 4.42 Å². The summed E-state index contributed by atoms with van der Waals surface area (Å²) in [6.07, 6.45) is 2.43. The van der Waals surface area contributed by atoms with Crippen LogP contribution in [-0.2, 0) is 13.5 Å². The van der Waals surface area contributed by atoms with Crippen LogP contribution in [0.3, 0.4) is 0 Å². The summed E-state index contributed by atoms with van der Waals surface area (Å²) in [4.78, 5) is 4.12. The molecule has 1 N–H and O–H groups in total. The predicted octanol–water partition coefficient (Wildman–Crippen LogP) is 1.99. The van der Waals surface area contributed by atoms with Gasteiger partial charge in [0, 0.05) is 31.3 Å². The molecule has 0 atom stereocenters. The molecule has 5 nitrogen and oxygen atoms in total. The van der Waals surface area contributed by atoms with Gasteiger partial charge in [-0.05, 0) is 25.2 Å². The molecule has 0 unspecified atom stereocenters. The standard InChI is InChI=1S/C14H16N4O/c1-15-6-5-11-8-13(17-18(11)2)10-3-4-12-14(7-10)19-9-16-12/h3-4,7-9,15H,5-6H2,1-2H3. The lowest BCUT2D eigenvalue weighted by molar-refractivity contribution is 0.602. The number of rotatable bonds is 4. The highest BCUT2D eigenvalue weighted by molar-refractivity contribution is 5.78. The fraction of sp³-hybridized carbons (Fsp3) is 0.286. The van der Waals surface area contributed by atoms with Crippen LogP contribution in [0.5, 0.6) is 0 Å². The summed E-state index contributed by atoms with van der Waals surface area (Å²) in [7, 11) is 3.93. The summed E-state index contributed by atoms with van der Waals surface area (Å²) in [5, 5.41) is 7.70. The van der Waals surface area contributed by atoms with Crippen molar-refractivity contribution in [2.45, 2.75) is 6.42 Å². The zero-order valence-corrected chi connectivity index (χ0v) is 11.1. The van der Waals surface area contributed by atoms with Gasteiger partial charge < -0.3 is 9.73 Å². The maximum Gasteiger partial charge on any atom is 0.181 e. The average molecular weight is 256 g/mol. The fourth-order valence-electron chi connectivity index (χ4n) is 2.15. The number of hydrogen-bond donors (Lipinski definition) is 1. The Bertz CT molecular complexity index is 698. The van der Waals surface area contributed by atoms with E-state index in [1.165, 1.54) is 12.1 Å². The number of aryl methyl sites for hydroxylation is 1. The van der Waals surface area contributed by atoms with Gasteiger partial charge in [-0.2, -0.15) is 5.10 Å². The van der Waals surface area contributed by atoms with Crippen LogP contribution in [0, 0.1) is 0 Å². The molecule has 0 fully saturated rings. The second kappa shape index (κ2) is 4.85. The molecule has 3 aromatic rings. The zero-order chi connectivity index (χ0) is 13.2. The average Bonchev–Trinajstić information content (AvgIpc) is 3.02. The zero-order valence-electron chi connectivity index (χ0n) is 11.1. The lowest BCUT2D eigenvalue weighted by atomic mass is 10.1. The molecule has 2 aromatic heterocycles. The molecule has 0 saturated carbocycles. The molecule has 2 heterocycles. The van der Waals surface area contributed by atoms with Crippen molar-refractivity contribution in [1.29, 1.82) is 0 Å². The van der Waals surface area contributed by atoms with Crippen LogP contribution < -0.4 is 5.32 Å². The number of hydrogen-bond acceptors (Lipinski definition) is 4. The van der Waals surface area contributed by atoms with E-state index in [2.05, 4.69) is 21.5 Å². The third-order valence-corrected chi connectivity index (χ3v) is 3.23. The van der Waals surface area contributed by atoms with Crippen molar-refractivity contribution in [3.8, 4) is 11.3 Å². The van der Waals surface area contributed by atoms with E-state index in [9.17, 15) is 0 Å². The van der Waals surface area contributed by atoms with Crippen LogP contribution in [0.25, 0.3) is 22.4 Å². The van der Waals surface area contributed by atoms with Crippen molar-refractivity contribution in [1.82, 2.24) is 20.1 Å². The smallest absolute Gasteiger partial charge is 0.181 e. The van der Waals surface area contributed by atoms with Crippen molar-refractivity contribution in [2.24, 2.45) is 7.05 Å². The van der Waals surface area contributed by atoms with Crippen molar-refractivity contribution in [3.05, 3.63) is 36.4 Å². The fourth-order valence-corrected chi connectivity index (χ4v) is 2.15. The molecular weight excluding hydrogens is 240 g/mol. The first-order chi connectivity index (χ1) is 9.28. The number of oxazole rings is 1. The molecule has 3 rings (SSSR count). The molecule has 0 saturated heterocycles. The minimum absolute atomic E-state index is 0.792. The summed E-state index contributed by atoms with van der Waals surface area (Å²) in [6, 6.07) is 8.08. The van der Waals surface area contributed by atoms with Gasteiger partial charge in [0.05, 0.1) is 5.69 Å². The molecule has 1 aromatic carbocycles. The number of likely N-dealkylation sites (N-methyl/N-ethyl adjacent to an activating group) is 1. The van der Waals surface area contributed by atoms with Gasteiger partial charge in [-0.25, -0.2) is 4.98 Å². The Hall–Kier alpha value is -2.14. The van der Waals surface area contributed by atoms with E-state index in [0.29, 0.717) is 0 Å². The van der Waals surface area contributed by atoms with Crippen LogP contribution in [-0.4, -0.2) is 28.4 Å². The van der Waals surface area contributed by atoms with Gasteiger partial charge in [0.2, 0.25) is 0 Å². The van der Waals surface area contributed by atoms with E-state index in [-0.39, 0.29) is 0 Å². The third-order valence-electron chi connectivity index (χ3n) is 3.23. The maximum absolute atomic E-state index is 5.33. The Morgan fingerprint density at radius 3 is 3.05 bits per heavy atom. The number of benzene rings is 1. The van der Waals surface area contributed by atoms with Crippen molar-refractivity contribution < 1.29 is 4.42 Å². The molecule has 5 heteroatoms. The monoisotopic (exact) mass is 256 g/mol. The second-order valence-electron chi connectivity index (χ2n) is 4.53. The summed E-state index contributed by atoms with van der Waals surface area (Å²) in [5.41, 5.74) is 4.89. The molecule has 0 amide bonds. The molecule has 0 aliphatic carbocycles. The van der Waals surface area contributed by atoms with Crippen LogP contribution in [0.4, 0.5) is 0 Å². The normalized spacial score (nSPS) is 11.3. The highest BCUT2D eigenvalue weighted by Crippen LogP contribution is 2.23. The highest BCUT2D eigenvalue weighted by Gasteiger charge is 2.08. The number of aromatic nitrogens is 3.